The molecule has 0 saturated carbocycles. The van der Waals surface area contributed by atoms with Crippen LogP contribution in [0.4, 0.5) is 0 Å². The number of rotatable bonds is 3. The number of carboxylic acid groups (broad SMARTS) is 1. The molecule has 0 aromatic rings. The predicted molar refractivity (Wildman–Crippen MR) is 63.8 cm³/mol. The summed E-state index contributed by atoms with van der Waals surface area (Å²) in [5.41, 5.74) is 6.20. The van der Waals surface area contributed by atoms with Crippen LogP contribution in [0.2, 0.25) is 0 Å². The summed E-state index contributed by atoms with van der Waals surface area (Å²) in [5.74, 6) is -0.696. The maximum absolute atomic E-state index is 11.5. The molecule has 0 aliphatic carbocycles. The first-order chi connectivity index (χ1) is 8.07. The molecule has 1 saturated heterocycles. The first-order valence-electron chi connectivity index (χ1n) is 4.74. The maximum atomic E-state index is 11.5. The van der Waals surface area contributed by atoms with Crippen LogP contribution in [0.1, 0.15) is 0 Å². The molecule has 90 valence electrons. The van der Waals surface area contributed by atoms with Crippen LogP contribution in [-0.2, 0) is 9.59 Å². The van der Waals surface area contributed by atoms with Gasteiger partial charge in [-0.1, -0.05) is 0 Å². The standard InChI is InChI=1S/C9H9N3O3S2/c10-3-16-1-4-2-17-8-5(11)7(13)12(8)6(4)9(14)15/h5,8H,1-2,11H2,(H,14,15)/t5-,8-/m1/s1. The number of hydrogen-bond donors (Lipinski definition) is 2. The van der Waals surface area contributed by atoms with Gasteiger partial charge in [-0.2, -0.15) is 5.26 Å². The molecule has 2 rings (SSSR count). The third-order valence-electron chi connectivity index (χ3n) is 2.60. The van der Waals surface area contributed by atoms with Crippen LogP contribution < -0.4 is 5.73 Å². The predicted octanol–water partition coefficient (Wildman–Crippen LogP) is -0.218. The summed E-state index contributed by atoms with van der Waals surface area (Å²) in [4.78, 5) is 24.0. The highest BCUT2D eigenvalue weighted by atomic mass is 32.2. The number of nitriles is 1. The van der Waals surface area contributed by atoms with Crippen LogP contribution in [-0.4, -0.2) is 44.8 Å². The Balaban J connectivity index is 2.30. The Hall–Kier alpha value is -1.17. The number of carbonyl (C=O) groups excluding carboxylic acids is 1. The van der Waals surface area contributed by atoms with Gasteiger partial charge in [0.1, 0.15) is 22.5 Å². The minimum absolute atomic E-state index is 0.00296. The number of β-lactam (4-membered cyclic amide) rings is 1. The molecule has 0 spiro atoms. The molecule has 8 heteroatoms. The lowest BCUT2D eigenvalue weighted by Crippen LogP contribution is -2.68. The van der Waals surface area contributed by atoms with Crippen molar-refractivity contribution < 1.29 is 14.7 Å². The molecule has 6 nitrogen and oxygen atoms in total. The second-order valence-corrected chi connectivity index (χ2v) is 5.44. The topological polar surface area (TPSA) is 107 Å². The van der Waals surface area contributed by atoms with E-state index in [1.807, 2.05) is 5.40 Å². The fourth-order valence-electron chi connectivity index (χ4n) is 1.81. The van der Waals surface area contributed by atoms with Crippen LogP contribution in [0.5, 0.6) is 0 Å². The van der Waals surface area contributed by atoms with E-state index in [1.165, 1.54) is 16.7 Å². The largest absolute Gasteiger partial charge is 0.477 e. The highest BCUT2D eigenvalue weighted by Gasteiger charge is 2.51. The van der Waals surface area contributed by atoms with E-state index in [2.05, 4.69) is 0 Å². The number of nitrogens with zero attached hydrogens (tertiary/aromatic N) is 2. The summed E-state index contributed by atoms with van der Waals surface area (Å²) in [6, 6.07) is -0.612. The number of carboxylic acids is 1. The number of hydrogen-bond acceptors (Lipinski definition) is 6. The number of thioether (sulfide) groups is 2. The molecule has 2 atom stereocenters. The van der Waals surface area contributed by atoms with Crippen molar-refractivity contribution in [3.8, 4) is 5.40 Å². The lowest BCUT2D eigenvalue weighted by atomic mass is 10.0. The van der Waals surface area contributed by atoms with Gasteiger partial charge in [0.05, 0.1) is 0 Å². The molecule has 17 heavy (non-hydrogen) atoms. The van der Waals surface area contributed by atoms with Gasteiger partial charge in [-0.05, 0) is 17.3 Å². The average molecular weight is 271 g/mol. The minimum atomic E-state index is -1.14. The van der Waals surface area contributed by atoms with E-state index in [1.54, 1.807) is 0 Å². The van der Waals surface area contributed by atoms with Crippen LogP contribution >= 0.6 is 23.5 Å². The van der Waals surface area contributed by atoms with Crippen molar-refractivity contribution in [2.45, 2.75) is 11.4 Å². The molecule has 0 bridgehead atoms. The molecule has 2 aliphatic heterocycles. The number of nitrogens with two attached hydrogens (primary N) is 1. The third kappa shape index (κ3) is 1.90. The van der Waals surface area contributed by atoms with Gasteiger partial charge in [0.2, 0.25) is 5.91 Å². The van der Waals surface area contributed by atoms with E-state index < -0.39 is 12.0 Å². The van der Waals surface area contributed by atoms with E-state index in [4.69, 9.17) is 16.1 Å². The van der Waals surface area contributed by atoms with Gasteiger partial charge in [0, 0.05) is 11.5 Å². The molecule has 0 aromatic carbocycles. The van der Waals surface area contributed by atoms with Crippen molar-refractivity contribution >= 4 is 35.4 Å². The Morgan fingerprint density at radius 2 is 2.47 bits per heavy atom. The monoisotopic (exact) mass is 271 g/mol. The van der Waals surface area contributed by atoms with E-state index in [0.717, 1.165) is 11.8 Å². The van der Waals surface area contributed by atoms with Crippen LogP contribution in [0.3, 0.4) is 0 Å². The van der Waals surface area contributed by atoms with E-state index in [-0.39, 0.29) is 17.0 Å². The van der Waals surface area contributed by atoms with Crippen molar-refractivity contribution in [2.24, 2.45) is 5.73 Å². The zero-order valence-corrected chi connectivity index (χ0v) is 10.3. The average Bonchev–Trinajstić information content (AvgIpc) is 2.33. The first kappa shape index (κ1) is 12.3. The molecule has 0 unspecified atom stereocenters. The highest BCUT2D eigenvalue weighted by Crippen LogP contribution is 2.39. The second-order valence-electron chi connectivity index (χ2n) is 3.57. The summed E-state index contributed by atoms with van der Waals surface area (Å²) in [6.45, 7) is 0. The van der Waals surface area contributed by atoms with Crippen LogP contribution in [0.15, 0.2) is 11.3 Å². The SMILES string of the molecule is N#CSCC1=C(C(=O)O)N2C(=O)[C@@H](N)[C@H]2SC1. The third-order valence-corrected chi connectivity index (χ3v) is 4.58. The molecule has 0 radical (unpaired) electrons. The van der Waals surface area contributed by atoms with E-state index in [0.29, 0.717) is 17.1 Å². The number of fused-ring (bicyclic) bond motifs is 1. The quantitative estimate of drug-likeness (QED) is 0.539. The molecule has 2 aliphatic rings. The number of aliphatic carboxylic acids is 1. The summed E-state index contributed by atoms with van der Waals surface area (Å²) >= 11 is 2.41. The smallest absolute Gasteiger partial charge is 0.352 e. The lowest BCUT2D eigenvalue weighted by Gasteiger charge is -2.47. The normalized spacial score (nSPS) is 27.3. The van der Waals surface area contributed by atoms with Crippen molar-refractivity contribution in [1.82, 2.24) is 4.90 Å². The zero-order valence-electron chi connectivity index (χ0n) is 8.62. The number of amides is 1. The van der Waals surface area contributed by atoms with Gasteiger partial charge in [-0.3, -0.25) is 9.69 Å². The number of carbonyl (C=O) groups is 2. The van der Waals surface area contributed by atoms with Gasteiger partial charge >= 0.3 is 5.97 Å². The summed E-state index contributed by atoms with van der Waals surface area (Å²) in [6.07, 6.45) is 0. The molecule has 1 fully saturated rings. The highest BCUT2D eigenvalue weighted by molar-refractivity contribution is 8.04. The van der Waals surface area contributed by atoms with Crippen molar-refractivity contribution in [1.29, 1.82) is 5.26 Å². The van der Waals surface area contributed by atoms with Crippen molar-refractivity contribution in [3.05, 3.63) is 11.3 Å². The van der Waals surface area contributed by atoms with Gasteiger partial charge in [-0.15, -0.1) is 11.8 Å². The first-order valence-corrected chi connectivity index (χ1v) is 6.77. The fourth-order valence-corrected chi connectivity index (χ4v) is 3.71. The summed E-state index contributed by atoms with van der Waals surface area (Å²) in [5, 5.41) is 19.2. The van der Waals surface area contributed by atoms with Gasteiger partial charge < -0.3 is 10.8 Å². The Morgan fingerprint density at radius 3 is 3.06 bits per heavy atom. The zero-order chi connectivity index (χ0) is 12.6. The fraction of sp³-hybridized carbons (Fsp3) is 0.444. The van der Waals surface area contributed by atoms with Crippen molar-refractivity contribution in [3.63, 3.8) is 0 Å². The van der Waals surface area contributed by atoms with E-state index >= 15 is 0 Å². The molecule has 2 heterocycles. The molecular formula is C9H9N3O3S2. The summed E-state index contributed by atoms with van der Waals surface area (Å²) in [7, 11) is 0. The van der Waals surface area contributed by atoms with E-state index in [9.17, 15) is 9.59 Å². The summed E-state index contributed by atoms with van der Waals surface area (Å²) < 4.78 is 0. The molecular weight excluding hydrogens is 262 g/mol. The Labute approximate surface area is 106 Å². The lowest BCUT2D eigenvalue weighted by molar-refractivity contribution is -0.147. The Kier molecular flexibility index (Phi) is 3.33. The molecule has 1 amide bonds. The van der Waals surface area contributed by atoms with Crippen LogP contribution in [0.25, 0.3) is 0 Å². The maximum Gasteiger partial charge on any atom is 0.352 e. The Morgan fingerprint density at radius 1 is 1.76 bits per heavy atom. The number of thiocyanates is 1. The molecule has 3 N–H and O–H groups in total. The minimum Gasteiger partial charge on any atom is -0.477 e. The Bertz CT molecular complexity index is 457. The van der Waals surface area contributed by atoms with Crippen molar-refractivity contribution in [2.75, 3.05) is 11.5 Å². The van der Waals surface area contributed by atoms with Gasteiger partial charge in [0.15, 0.2) is 0 Å². The van der Waals surface area contributed by atoms with Gasteiger partial charge in [-0.25, -0.2) is 4.79 Å². The molecule has 0 aromatic heterocycles. The van der Waals surface area contributed by atoms with Crippen LogP contribution in [0, 0.1) is 10.7 Å². The second kappa shape index (κ2) is 4.60. The van der Waals surface area contributed by atoms with Gasteiger partial charge in [0.25, 0.3) is 0 Å².